The van der Waals surface area contributed by atoms with E-state index in [-0.39, 0.29) is 11.8 Å². The lowest BCUT2D eigenvalue weighted by atomic mass is 9.88. The van der Waals surface area contributed by atoms with Crippen LogP contribution in [-0.4, -0.2) is 60.4 Å². The van der Waals surface area contributed by atoms with Crippen LogP contribution in [-0.2, 0) is 9.59 Å². The Balaban J connectivity index is 1.41. The third kappa shape index (κ3) is 4.75. The van der Waals surface area contributed by atoms with Crippen molar-refractivity contribution in [3.63, 3.8) is 0 Å². The van der Waals surface area contributed by atoms with Gasteiger partial charge >= 0.3 is 0 Å². The Morgan fingerprint density at radius 3 is 2.32 bits per heavy atom. The number of likely N-dealkylation sites (tertiary alicyclic amines) is 1. The number of fused-ring (bicyclic) bond motifs is 2. The summed E-state index contributed by atoms with van der Waals surface area (Å²) in [7, 11) is 1.92. The second-order valence-electron chi connectivity index (χ2n) is 8.45. The van der Waals surface area contributed by atoms with Crippen molar-refractivity contribution in [3.8, 4) is 0 Å². The third-order valence-corrected chi connectivity index (χ3v) is 6.45. The zero-order valence-electron chi connectivity index (χ0n) is 16.0. The van der Waals surface area contributed by atoms with Gasteiger partial charge in [0.1, 0.15) is 0 Å². The molecule has 0 spiro atoms. The lowest BCUT2D eigenvalue weighted by Crippen LogP contribution is -2.45. The molecule has 3 heterocycles. The van der Waals surface area contributed by atoms with Crippen molar-refractivity contribution < 1.29 is 9.59 Å². The largest absolute Gasteiger partial charge is 0.346 e. The zero-order chi connectivity index (χ0) is 17.8. The highest BCUT2D eigenvalue weighted by Crippen LogP contribution is 2.33. The maximum absolute atomic E-state index is 12.7. The number of hydrogen-bond donors (Lipinski definition) is 1. The van der Waals surface area contributed by atoms with Gasteiger partial charge in [0.25, 0.3) is 0 Å². The highest BCUT2D eigenvalue weighted by atomic mass is 16.2. The summed E-state index contributed by atoms with van der Waals surface area (Å²) >= 11 is 0. The third-order valence-electron chi connectivity index (χ3n) is 6.45. The molecule has 0 saturated carbocycles. The highest BCUT2D eigenvalue weighted by molar-refractivity contribution is 5.80. The number of carbonyl (C=O) groups is 2. The van der Waals surface area contributed by atoms with E-state index in [4.69, 9.17) is 0 Å². The van der Waals surface area contributed by atoms with E-state index in [1.807, 2.05) is 16.8 Å². The predicted octanol–water partition coefficient (Wildman–Crippen LogP) is 2.40. The minimum Gasteiger partial charge on any atom is -0.346 e. The second kappa shape index (κ2) is 8.52. The summed E-state index contributed by atoms with van der Waals surface area (Å²) in [6.07, 6.45) is 9.46. The molecule has 0 aliphatic carbocycles. The van der Waals surface area contributed by atoms with Gasteiger partial charge in [-0.3, -0.25) is 9.59 Å². The Labute approximate surface area is 152 Å². The normalized spacial score (nSPS) is 29.7. The average Bonchev–Trinajstić information content (AvgIpc) is 2.97. The molecule has 3 fully saturated rings. The standard InChI is InChI=1S/C20H35N3O2/c1-3-4-9-22(2)20(25)16-7-10-23(11-8-16)19(24)14-15-12-17-5-6-18(13-15)21-17/h15-18,21H,3-14H2,1-2H3. The summed E-state index contributed by atoms with van der Waals surface area (Å²) in [5.74, 6) is 1.26. The van der Waals surface area contributed by atoms with E-state index in [0.29, 0.717) is 30.3 Å². The van der Waals surface area contributed by atoms with E-state index in [9.17, 15) is 9.59 Å². The summed E-state index contributed by atoms with van der Waals surface area (Å²) in [5, 5.41) is 3.65. The van der Waals surface area contributed by atoms with Crippen LogP contribution in [0.5, 0.6) is 0 Å². The van der Waals surface area contributed by atoms with E-state index < -0.39 is 0 Å². The minimum atomic E-state index is 0.112. The van der Waals surface area contributed by atoms with Crippen molar-refractivity contribution in [2.24, 2.45) is 11.8 Å². The summed E-state index contributed by atoms with van der Waals surface area (Å²) in [4.78, 5) is 29.1. The van der Waals surface area contributed by atoms with Gasteiger partial charge < -0.3 is 15.1 Å². The van der Waals surface area contributed by atoms with Gasteiger partial charge in [0, 0.05) is 51.1 Å². The quantitative estimate of drug-likeness (QED) is 0.801. The van der Waals surface area contributed by atoms with E-state index in [1.165, 1.54) is 25.7 Å². The smallest absolute Gasteiger partial charge is 0.225 e. The molecule has 2 unspecified atom stereocenters. The molecule has 2 amide bonds. The first-order valence-corrected chi connectivity index (χ1v) is 10.4. The fourth-order valence-corrected chi connectivity index (χ4v) is 4.91. The van der Waals surface area contributed by atoms with Crippen molar-refractivity contribution in [2.75, 3.05) is 26.7 Å². The number of carbonyl (C=O) groups excluding carboxylic acids is 2. The van der Waals surface area contributed by atoms with Crippen LogP contribution in [0.4, 0.5) is 0 Å². The maximum atomic E-state index is 12.7. The lowest BCUT2D eigenvalue weighted by Gasteiger charge is -2.35. The molecule has 25 heavy (non-hydrogen) atoms. The summed E-state index contributed by atoms with van der Waals surface area (Å²) < 4.78 is 0. The predicted molar refractivity (Wildman–Crippen MR) is 99.1 cm³/mol. The van der Waals surface area contributed by atoms with E-state index in [2.05, 4.69) is 12.2 Å². The summed E-state index contributed by atoms with van der Waals surface area (Å²) in [5.41, 5.74) is 0. The molecule has 3 rings (SSSR count). The van der Waals surface area contributed by atoms with Gasteiger partial charge in [-0.05, 0) is 50.9 Å². The molecule has 1 N–H and O–H groups in total. The van der Waals surface area contributed by atoms with Crippen LogP contribution >= 0.6 is 0 Å². The monoisotopic (exact) mass is 349 g/mol. The van der Waals surface area contributed by atoms with Crippen molar-refractivity contribution in [3.05, 3.63) is 0 Å². The molecular formula is C20H35N3O2. The number of piperidine rings is 2. The Morgan fingerprint density at radius 2 is 1.72 bits per heavy atom. The van der Waals surface area contributed by atoms with Crippen molar-refractivity contribution >= 4 is 11.8 Å². The van der Waals surface area contributed by atoms with Gasteiger partial charge in [-0.15, -0.1) is 0 Å². The molecule has 0 aromatic rings. The zero-order valence-corrected chi connectivity index (χ0v) is 16.0. The fraction of sp³-hybridized carbons (Fsp3) is 0.900. The first-order valence-electron chi connectivity index (χ1n) is 10.4. The number of nitrogens with one attached hydrogen (secondary N) is 1. The number of nitrogens with zero attached hydrogens (tertiary/aromatic N) is 2. The van der Waals surface area contributed by atoms with Crippen molar-refractivity contribution in [1.29, 1.82) is 0 Å². The average molecular weight is 350 g/mol. The molecule has 2 atom stereocenters. The molecule has 3 saturated heterocycles. The van der Waals surface area contributed by atoms with Crippen LogP contribution in [0.2, 0.25) is 0 Å². The van der Waals surface area contributed by atoms with Crippen LogP contribution < -0.4 is 5.32 Å². The Morgan fingerprint density at radius 1 is 1.08 bits per heavy atom. The van der Waals surface area contributed by atoms with Crippen molar-refractivity contribution in [2.45, 2.75) is 76.8 Å². The molecule has 5 heteroatoms. The van der Waals surface area contributed by atoms with E-state index in [0.717, 1.165) is 45.3 Å². The highest BCUT2D eigenvalue weighted by Gasteiger charge is 2.35. The first kappa shape index (κ1) is 18.7. The maximum Gasteiger partial charge on any atom is 0.225 e. The van der Waals surface area contributed by atoms with Gasteiger partial charge in [0.05, 0.1) is 0 Å². The van der Waals surface area contributed by atoms with E-state index in [1.54, 1.807) is 0 Å². The van der Waals surface area contributed by atoms with E-state index >= 15 is 0 Å². The fourth-order valence-electron chi connectivity index (χ4n) is 4.91. The second-order valence-corrected chi connectivity index (χ2v) is 8.45. The molecule has 0 aromatic heterocycles. The van der Waals surface area contributed by atoms with Gasteiger partial charge in [-0.1, -0.05) is 13.3 Å². The lowest BCUT2D eigenvalue weighted by molar-refractivity contribution is -0.140. The number of hydrogen-bond acceptors (Lipinski definition) is 3. The molecular weight excluding hydrogens is 314 g/mol. The molecule has 3 aliphatic rings. The summed E-state index contributed by atoms with van der Waals surface area (Å²) in [6.45, 7) is 4.52. The summed E-state index contributed by atoms with van der Waals surface area (Å²) in [6, 6.07) is 1.30. The van der Waals surface area contributed by atoms with Crippen molar-refractivity contribution in [1.82, 2.24) is 15.1 Å². The Hall–Kier alpha value is -1.10. The molecule has 0 radical (unpaired) electrons. The minimum absolute atomic E-state index is 0.112. The van der Waals surface area contributed by atoms with Gasteiger partial charge in [0.2, 0.25) is 11.8 Å². The molecule has 0 aromatic carbocycles. The topological polar surface area (TPSA) is 52.7 Å². The Bertz CT molecular complexity index is 462. The van der Waals surface area contributed by atoms with Gasteiger partial charge in [0.15, 0.2) is 0 Å². The first-order chi connectivity index (χ1) is 12.1. The number of unbranched alkanes of at least 4 members (excludes halogenated alkanes) is 1. The molecule has 5 nitrogen and oxygen atoms in total. The Kier molecular flexibility index (Phi) is 6.37. The molecule has 142 valence electrons. The SMILES string of the molecule is CCCCN(C)C(=O)C1CCN(C(=O)CC2CC3CCC(C2)N3)CC1. The molecule has 2 bridgehead atoms. The van der Waals surface area contributed by atoms with Gasteiger partial charge in [-0.2, -0.15) is 0 Å². The van der Waals surface area contributed by atoms with Crippen LogP contribution in [0.1, 0.15) is 64.7 Å². The van der Waals surface area contributed by atoms with Gasteiger partial charge in [-0.25, -0.2) is 0 Å². The number of rotatable bonds is 6. The molecule has 3 aliphatic heterocycles. The van der Waals surface area contributed by atoms with Crippen LogP contribution in [0, 0.1) is 11.8 Å². The van der Waals surface area contributed by atoms with Crippen LogP contribution in [0.15, 0.2) is 0 Å². The number of amides is 2. The van der Waals surface area contributed by atoms with Crippen LogP contribution in [0.3, 0.4) is 0 Å². The van der Waals surface area contributed by atoms with Crippen LogP contribution in [0.25, 0.3) is 0 Å².